The fraction of sp³-hybridized carbons (Fsp3) is 0.318. The second-order valence-corrected chi connectivity index (χ2v) is 7.21. The zero-order valence-electron chi connectivity index (χ0n) is 17.7. The summed E-state index contributed by atoms with van der Waals surface area (Å²) in [4.78, 5) is 25.8. The molecule has 0 spiro atoms. The van der Waals surface area contributed by atoms with E-state index in [1.54, 1.807) is 30.2 Å². The molecule has 2 amide bonds. The van der Waals surface area contributed by atoms with Crippen molar-refractivity contribution in [1.82, 2.24) is 14.9 Å². The maximum absolute atomic E-state index is 12.9. The lowest BCUT2D eigenvalue weighted by Gasteiger charge is -2.36. The number of nitrogens with two attached hydrogens (primary N) is 1. The van der Waals surface area contributed by atoms with E-state index >= 15 is 0 Å². The average molecular weight is 422 g/mol. The minimum atomic E-state index is -0.226. The summed E-state index contributed by atoms with van der Waals surface area (Å²) in [5, 5.41) is 2.85. The van der Waals surface area contributed by atoms with Crippen LogP contribution in [0, 0.1) is 0 Å². The third-order valence-corrected chi connectivity index (χ3v) is 5.34. The van der Waals surface area contributed by atoms with E-state index in [0.29, 0.717) is 42.2 Å². The number of urea groups is 1. The Morgan fingerprint density at radius 2 is 1.84 bits per heavy atom. The van der Waals surface area contributed by atoms with Crippen molar-refractivity contribution in [3.05, 3.63) is 48.0 Å². The van der Waals surface area contributed by atoms with Crippen molar-refractivity contribution in [3.63, 3.8) is 0 Å². The molecule has 0 unspecified atom stereocenters. The van der Waals surface area contributed by atoms with Gasteiger partial charge in [0.05, 0.1) is 25.3 Å². The molecule has 9 nitrogen and oxygen atoms in total. The lowest BCUT2D eigenvalue weighted by molar-refractivity contribution is 0.208. The highest BCUT2D eigenvalue weighted by atomic mass is 16.5. The van der Waals surface area contributed by atoms with Crippen LogP contribution in [0.5, 0.6) is 11.6 Å². The molecule has 1 aromatic heterocycles. The molecule has 0 atom stereocenters. The number of anilines is 2. The average Bonchev–Trinajstić information content (AvgIpc) is 2.83. The highest BCUT2D eigenvalue weighted by molar-refractivity contribution is 5.91. The lowest BCUT2D eigenvalue weighted by Crippen LogP contribution is -2.50. The Morgan fingerprint density at radius 3 is 2.55 bits per heavy atom. The molecule has 2 aromatic carbocycles. The molecule has 1 aliphatic heterocycles. The smallest absolute Gasteiger partial charge is 0.323 e. The van der Waals surface area contributed by atoms with Crippen LogP contribution in [-0.4, -0.2) is 61.3 Å². The highest BCUT2D eigenvalue weighted by Crippen LogP contribution is 2.26. The van der Waals surface area contributed by atoms with Crippen molar-refractivity contribution < 1.29 is 14.3 Å². The number of piperazine rings is 1. The van der Waals surface area contributed by atoms with Gasteiger partial charge in [-0.15, -0.1) is 0 Å². The van der Waals surface area contributed by atoms with Crippen molar-refractivity contribution in [2.75, 3.05) is 50.6 Å². The number of hydrogen-bond acceptors (Lipinski definition) is 7. The van der Waals surface area contributed by atoms with Gasteiger partial charge in [0.25, 0.3) is 5.88 Å². The molecule has 2 heterocycles. The van der Waals surface area contributed by atoms with Crippen LogP contribution in [0.25, 0.3) is 11.0 Å². The molecule has 162 valence electrons. The first-order valence-corrected chi connectivity index (χ1v) is 10.1. The molecule has 0 saturated carbocycles. The Hall–Kier alpha value is -3.59. The first-order chi connectivity index (χ1) is 15.1. The molecule has 1 saturated heterocycles. The first kappa shape index (κ1) is 20.7. The molecule has 3 aromatic rings. The molecule has 1 aliphatic rings. The van der Waals surface area contributed by atoms with E-state index in [2.05, 4.69) is 32.3 Å². The molecular weight excluding hydrogens is 396 g/mol. The quantitative estimate of drug-likeness (QED) is 0.651. The molecule has 4 rings (SSSR count). The summed E-state index contributed by atoms with van der Waals surface area (Å²) in [6.45, 7) is 3.18. The SMILES string of the molecule is COc1ccc2nc(NC(=O)N3CCN(c4cccc(CN)c4)CC3)c(OC)nc2c1. The molecule has 1 fully saturated rings. The molecular formula is C22H26N6O3. The molecule has 0 aliphatic carbocycles. The van der Waals surface area contributed by atoms with Gasteiger partial charge in [-0.05, 0) is 29.8 Å². The number of nitrogens with zero attached hydrogens (tertiary/aromatic N) is 4. The number of ether oxygens (including phenoxy) is 2. The van der Waals surface area contributed by atoms with Gasteiger partial charge < -0.3 is 25.0 Å². The summed E-state index contributed by atoms with van der Waals surface area (Å²) in [7, 11) is 3.09. The fourth-order valence-electron chi connectivity index (χ4n) is 3.60. The summed E-state index contributed by atoms with van der Waals surface area (Å²) in [6, 6.07) is 13.3. The number of methoxy groups -OCH3 is 2. The van der Waals surface area contributed by atoms with Gasteiger partial charge in [0.15, 0.2) is 5.82 Å². The zero-order chi connectivity index (χ0) is 21.8. The Morgan fingerprint density at radius 1 is 1.03 bits per heavy atom. The second kappa shape index (κ2) is 9.05. The number of rotatable bonds is 5. The van der Waals surface area contributed by atoms with Crippen LogP contribution in [0.3, 0.4) is 0 Å². The van der Waals surface area contributed by atoms with Crippen molar-refractivity contribution >= 4 is 28.6 Å². The molecule has 31 heavy (non-hydrogen) atoms. The van der Waals surface area contributed by atoms with Gasteiger partial charge >= 0.3 is 6.03 Å². The van der Waals surface area contributed by atoms with Gasteiger partial charge in [0.2, 0.25) is 0 Å². The molecule has 0 radical (unpaired) electrons. The Bertz CT molecular complexity index is 1080. The zero-order valence-corrected chi connectivity index (χ0v) is 17.7. The Labute approximate surface area is 180 Å². The van der Waals surface area contributed by atoms with Gasteiger partial charge in [-0.3, -0.25) is 5.32 Å². The van der Waals surface area contributed by atoms with E-state index < -0.39 is 0 Å². The van der Waals surface area contributed by atoms with Crippen LogP contribution in [0.2, 0.25) is 0 Å². The van der Waals surface area contributed by atoms with Crippen LogP contribution in [0.1, 0.15) is 5.56 Å². The number of nitrogens with one attached hydrogen (secondary N) is 1. The molecule has 0 bridgehead atoms. The largest absolute Gasteiger partial charge is 0.497 e. The molecule has 9 heteroatoms. The van der Waals surface area contributed by atoms with Gasteiger partial charge in [-0.25, -0.2) is 14.8 Å². The lowest BCUT2D eigenvalue weighted by atomic mass is 10.1. The van der Waals surface area contributed by atoms with Crippen LogP contribution >= 0.6 is 0 Å². The van der Waals surface area contributed by atoms with Crippen molar-refractivity contribution in [2.24, 2.45) is 5.73 Å². The van der Waals surface area contributed by atoms with E-state index in [0.717, 1.165) is 24.3 Å². The van der Waals surface area contributed by atoms with Gasteiger partial charge in [0, 0.05) is 44.5 Å². The van der Waals surface area contributed by atoms with Crippen molar-refractivity contribution in [2.45, 2.75) is 6.54 Å². The monoisotopic (exact) mass is 422 g/mol. The normalized spacial score (nSPS) is 13.9. The maximum Gasteiger partial charge on any atom is 0.323 e. The Balaban J connectivity index is 1.44. The van der Waals surface area contributed by atoms with E-state index in [-0.39, 0.29) is 11.9 Å². The summed E-state index contributed by atoms with van der Waals surface area (Å²) < 4.78 is 10.6. The number of carbonyl (C=O) groups excluding carboxylic acids is 1. The minimum Gasteiger partial charge on any atom is -0.497 e. The number of fused-ring (bicyclic) bond motifs is 1. The number of carbonyl (C=O) groups is 1. The topological polar surface area (TPSA) is 106 Å². The fourth-order valence-corrected chi connectivity index (χ4v) is 3.60. The Kier molecular flexibility index (Phi) is 6.03. The van der Waals surface area contributed by atoms with Gasteiger partial charge in [0.1, 0.15) is 5.75 Å². The maximum atomic E-state index is 12.9. The summed E-state index contributed by atoms with van der Waals surface area (Å²) in [5.41, 5.74) is 9.24. The van der Waals surface area contributed by atoms with E-state index in [9.17, 15) is 4.79 Å². The number of benzene rings is 2. The van der Waals surface area contributed by atoms with Crippen molar-refractivity contribution in [1.29, 1.82) is 0 Å². The summed E-state index contributed by atoms with van der Waals surface area (Å²) in [5.74, 6) is 1.23. The van der Waals surface area contributed by atoms with Crippen LogP contribution in [0.15, 0.2) is 42.5 Å². The predicted octanol–water partition coefficient (Wildman–Crippen LogP) is 2.46. The van der Waals surface area contributed by atoms with E-state index in [1.165, 1.54) is 7.11 Å². The first-order valence-electron chi connectivity index (χ1n) is 10.1. The number of amides is 2. The van der Waals surface area contributed by atoms with Crippen LogP contribution in [0.4, 0.5) is 16.3 Å². The summed E-state index contributed by atoms with van der Waals surface area (Å²) in [6.07, 6.45) is 0. The van der Waals surface area contributed by atoms with Gasteiger partial charge in [-0.1, -0.05) is 12.1 Å². The standard InChI is InChI=1S/C22H26N6O3/c1-30-17-6-7-18-19(13-17)25-21(31-2)20(24-18)26-22(29)28-10-8-27(9-11-28)16-5-3-4-15(12-16)14-23/h3-7,12-13H,8-11,14,23H2,1-2H3,(H,24,26,29). The predicted molar refractivity (Wildman–Crippen MR) is 120 cm³/mol. The van der Waals surface area contributed by atoms with Crippen LogP contribution in [-0.2, 0) is 6.54 Å². The summed E-state index contributed by atoms with van der Waals surface area (Å²) >= 11 is 0. The van der Waals surface area contributed by atoms with E-state index in [4.69, 9.17) is 15.2 Å². The van der Waals surface area contributed by atoms with E-state index in [1.807, 2.05) is 12.1 Å². The highest BCUT2D eigenvalue weighted by Gasteiger charge is 2.23. The minimum absolute atomic E-state index is 0.226. The second-order valence-electron chi connectivity index (χ2n) is 7.21. The third kappa shape index (κ3) is 4.46. The van der Waals surface area contributed by atoms with Crippen LogP contribution < -0.4 is 25.4 Å². The third-order valence-electron chi connectivity index (χ3n) is 5.34. The van der Waals surface area contributed by atoms with Gasteiger partial charge in [-0.2, -0.15) is 0 Å². The molecule has 3 N–H and O–H groups in total. The van der Waals surface area contributed by atoms with Crippen molar-refractivity contribution in [3.8, 4) is 11.6 Å². The number of aromatic nitrogens is 2. The number of hydrogen-bond donors (Lipinski definition) is 2.